The number of aliphatic hydroxyl groups excluding tert-OH is 1. The molecule has 2 rings (SSSR count). The Morgan fingerprint density at radius 2 is 1.59 bits per heavy atom. The van der Waals surface area contributed by atoms with Crippen LogP contribution in [0.4, 0.5) is 18.0 Å². The van der Waals surface area contributed by atoms with E-state index in [-0.39, 0.29) is 24.4 Å². The van der Waals surface area contributed by atoms with Crippen LogP contribution in [0.3, 0.4) is 0 Å². The predicted molar refractivity (Wildman–Crippen MR) is 143 cm³/mol. The second-order valence-corrected chi connectivity index (χ2v) is 11.1. The van der Waals surface area contributed by atoms with Crippen LogP contribution < -0.4 is 11.1 Å². The highest BCUT2D eigenvalue weighted by Crippen LogP contribution is 2.30. The molecule has 1 unspecified atom stereocenters. The summed E-state index contributed by atoms with van der Waals surface area (Å²) >= 11 is 0. The zero-order chi connectivity index (χ0) is 29.5. The molecule has 0 heterocycles. The van der Waals surface area contributed by atoms with Crippen LogP contribution in [0.2, 0.25) is 0 Å². The number of hydrogen-bond acceptors (Lipinski definition) is 5. The van der Waals surface area contributed by atoms with Crippen LogP contribution in [0.1, 0.15) is 58.2 Å². The van der Waals surface area contributed by atoms with E-state index in [9.17, 15) is 27.9 Å². The molecule has 10 heteroatoms. The van der Waals surface area contributed by atoms with Crippen LogP contribution in [-0.4, -0.2) is 45.9 Å². The lowest BCUT2D eigenvalue weighted by atomic mass is 9.91. The molecule has 0 radical (unpaired) electrons. The van der Waals surface area contributed by atoms with Crippen molar-refractivity contribution in [2.45, 2.75) is 84.6 Å². The molecule has 0 fully saturated rings. The van der Waals surface area contributed by atoms with Crippen molar-refractivity contribution in [3.63, 3.8) is 0 Å². The van der Waals surface area contributed by atoms with E-state index >= 15 is 0 Å². The summed E-state index contributed by atoms with van der Waals surface area (Å²) < 4.78 is 45.2. The number of halogens is 3. The molecule has 0 aliphatic carbocycles. The quantitative estimate of drug-likeness (QED) is 0.356. The summed E-state index contributed by atoms with van der Waals surface area (Å²) in [5, 5.41) is 14.0. The van der Waals surface area contributed by atoms with Crippen molar-refractivity contribution in [1.82, 2.24) is 10.2 Å². The van der Waals surface area contributed by atoms with Gasteiger partial charge in [0.15, 0.2) is 0 Å². The van der Waals surface area contributed by atoms with Gasteiger partial charge < -0.3 is 25.8 Å². The molecule has 216 valence electrons. The molecule has 7 nitrogen and oxygen atoms in total. The topological polar surface area (TPSA) is 105 Å². The number of alkyl carbamates (subject to hydrolysis) is 1. The summed E-state index contributed by atoms with van der Waals surface area (Å²) in [6.45, 7) is 10.0. The molecule has 0 bridgehead atoms. The summed E-state index contributed by atoms with van der Waals surface area (Å²) in [6, 6.07) is 13.0. The van der Waals surface area contributed by atoms with Crippen molar-refractivity contribution < 1.29 is 32.6 Å². The van der Waals surface area contributed by atoms with E-state index in [1.165, 1.54) is 24.0 Å². The number of alkyl halides is 3. The van der Waals surface area contributed by atoms with Gasteiger partial charge in [-0.05, 0) is 56.4 Å². The number of nitrogens with zero attached hydrogens (tertiary/aromatic N) is 1. The van der Waals surface area contributed by atoms with Crippen LogP contribution in [0.5, 0.6) is 0 Å². The Labute approximate surface area is 228 Å². The normalized spacial score (nSPS) is 15.3. The van der Waals surface area contributed by atoms with Crippen molar-refractivity contribution >= 4 is 12.0 Å². The maximum Gasteiger partial charge on any atom is 0.416 e. The summed E-state index contributed by atoms with van der Waals surface area (Å²) in [5.74, 6) is -1.82. The molecule has 4 N–H and O–H groups in total. The van der Waals surface area contributed by atoms with Crippen LogP contribution >= 0.6 is 0 Å². The van der Waals surface area contributed by atoms with Gasteiger partial charge in [-0.3, -0.25) is 4.79 Å². The van der Waals surface area contributed by atoms with E-state index in [1.807, 2.05) is 30.3 Å². The van der Waals surface area contributed by atoms with E-state index in [4.69, 9.17) is 10.5 Å². The predicted octanol–water partition coefficient (Wildman–Crippen LogP) is 5.11. The smallest absolute Gasteiger partial charge is 0.416 e. The summed E-state index contributed by atoms with van der Waals surface area (Å²) in [7, 11) is 0. The van der Waals surface area contributed by atoms with Gasteiger partial charge in [0.2, 0.25) is 5.91 Å². The number of amides is 2. The lowest BCUT2D eigenvalue weighted by molar-refractivity contribution is -0.143. The number of carbonyl (C=O) groups is 2. The fourth-order valence-electron chi connectivity index (χ4n) is 4.07. The van der Waals surface area contributed by atoms with E-state index in [2.05, 4.69) is 5.32 Å². The average Bonchev–Trinajstić information content (AvgIpc) is 2.84. The molecule has 39 heavy (non-hydrogen) atoms. The Morgan fingerprint density at radius 1 is 1.00 bits per heavy atom. The van der Waals surface area contributed by atoms with Gasteiger partial charge in [-0.25, -0.2) is 4.79 Å². The number of benzene rings is 2. The maximum absolute atomic E-state index is 13.7. The Morgan fingerprint density at radius 3 is 2.13 bits per heavy atom. The fourth-order valence-corrected chi connectivity index (χ4v) is 4.07. The lowest BCUT2D eigenvalue weighted by Crippen LogP contribution is -2.55. The van der Waals surface area contributed by atoms with Gasteiger partial charge in [0.25, 0.3) is 0 Å². The first-order chi connectivity index (χ1) is 18.0. The molecule has 4 atom stereocenters. The van der Waals surface area contributed by atoms with Crippen molar-refractivity contribution in [3.05, 3.63) is 71.3 Å². The third-order valence-electron chi connectivity index (χ3n) is 6.25. The molecule has 2 aromatic carbocycles. The molecule has 0 saturated carbocycles. The third-order valence-corrected chi connectivity index (χ3v) is 6.25. The van der Waals surface area contributed by atoms with E-state index < -0.39 is 53.6 Å². The van der Waals surface area contributed by atoms with Crippen molar-refractivity contribution in [1.29, 1.82) is 0 Å². The monoisotopic (exact) mass is 551 g/mol. The number of ether oxygens (including phenoxy) is 1. The minimum Gasteiger partial charge on any atom is -0.444 e. The number of hydrogen-bond donors (Lipinski definition) is 3. The molecule has 0 aromatic heterocycles. The number of rotatable bonds is 10. The van der Waals surface area contributed by atoms with Gasteiger partial charge in [0.1, 0.15) is 5.60 Å². The molecule has 0 aliphatic rings. The van der Waals surface area contributed by atoms with E-state index in [0.717, 1.165) is 17.7 Å². The first kappa shape index (κ1) is 32.1. The number of aliphatic hydroxyl groups is 1. The Balaban J connectivity index is 2.34. The summed E-state index contributed by atoms with van der Waals surface area (Å²) in [4.78, 5) is 27.6. The largest absolute Gasteiger partial charge is 0.444 e. The lowest BCUT2D eigenvalue weighted by Gasteiger charge is -2.36. The number of carbonyl (C=O) groups excluding carboxylic acids is 2. The van der Waals surface area contributed by atoms with Crippen molar-refractivity contribution in [2.24, 2.45) is 17.6 Å². The molecular weight excluding hydrogens is 511 g/mol. The van der Waals surface area contributed by atoms with E-state index in [1.54, 1.807) is 34.6 Å². The number of nitrogens with one attached hydrogen (secondary N) is 1. The van der Waals surface area contributed by atoms with Crippen molar-refractivity contribution in [3.8, 4) is 0 Å². The first-order valence-electron chi connectivity index (χ1n) is 12.9. The zero-order valence-electron chi connectivity index (χ0n) is 23.3. The van der Waals surface area contributed by atoms with Crippen LogP contribution in [0.25, 0.3) is 0 Å². The Bertz CT molecular complexity index is 1090. The highest BCUT2D eigenvalue weighted by Gasteiger charge is 2.37. The molecule has 0 saturated heterocycles. The second kappa shape index (κ2) is 13.3. The second-order valence-electron chi connectivity index (χ2n) is 11.1. The fraction of sp³-hybridized carbons (Fsp3) is 0.517. The maximum atomic E-state index is 13.7. The highest BCUT2D eigenvalue weighted by molar-refractivity contribution is 5.79. The minimum atomic E-state index is -4.54. The van der Waals surface area contributed by atoms with Gasteiger partial charge in [0, 0.05) is 6.54 Å². The summed E-state index contributed by atoms with van der Waals surface area (Å²) in [5.41, 5.74) is 5.79. The van der Waals surface area contributed by atoms with E-state index in [0.29, 0.717) is 0 Å². The number of nitrogens with two attached hydrogens (primary N) is 1. The highest BCUT2D eigenvalue weighted by atomic mass is 19.4. The van der Waals surface area contributed by atoms with Crippen molar-refractivity contribution in [2.75, 3.05) is 0 Å². The average molecular weight is 552 g/mol. The van der Waals surface area contributed by atoms with Gasteiger partial charge in [-0.2, -0.15) is 13.2 Å². The Hall–Kier alpha value is -3.11. The van der Waals surface area contributed by atoms with Gasteiger partial charge in [-0.1, -0.05) is 63.2 Å². The van der Waals surface area contributed by atoms with Gasteiger partial charge >= 0.3 is 12.3 Å². The van der Waals surface area contributed by atoms with Crippen LogP contribution in [0.15, 0.2) is 54.6 Å². The van der Waals surface area contributed by atoms with Gasteiger partial charge in [0.05, 0.1) is 29.8 Å². The SMILES string of the molecule is CC(C)C(N)N(Cc1cccc(C(F)(F)F)c1)C(=O)[C@@H](C)[C@@H](O)[C@H](Cc1ccccc1)NC(=O)OC(C)(C)C. The molecule has 2 aromatic rings. The van der Waals surface area contributed by atoms with Crippen LogP contribution in [-0.2, 0) is 28.7 Å². The standard InChI is InChI=1S/C29H40F3N3O4/c1-18(2)25(33)35(17-21-13-10-14-22(15-21)29(30,31)32)26(37)19(3)24(36)23(16-20-11-8-7-9-12-20)34-27(38)39-28(4,5)6/h7-15,18-19,23-25,36H,16-17,33H2,1-6H3,(H,34,38)/t19-,23-,24+,25?/m0/s1. The minimum absolute atomic E-state index is 0.179. The Kier molecular flexibility index (Phi) is 10.9. The molecule has 0 spiro atoms. The summed E-state index contributed by atoms with van der Waals surface area (Å²) in [6.07, 6.45) is -7.25. The third kappa shape index (κ3) is 9.85. The van der Waals surface area contributed by atoms with Gasteiger partial charge in [-0.15, -0.1) is 0 Å². The first-order valence-corrected chi connectivity index (χ1v) is 12.9. The van der Waals surface area contributed by atoms with Crippen LogP contribution in [0, 0.1) is 11.8 Å². The molecule has 2 amide bonds. The zero-order valence-corrected chi connectivity index (χ0v) is 23.3. The molecular formula is C29H40F3N3O4. The molecule has 0 aliphatic heterocycles.